The van der Waals surface area contributed by atoms with Crippen molar-refractivity contribution < 1.29 is 19.6 Å². The average molecular weight is 521 g/mol. The number of rotatable bonds is 13. The molecule has 0 fully saturated rings. The normalized spacial score (nSPS) is 12.5. The van der Waals surface area contributed by atoms with Gasteiger partial charge in [-0.05, 0) is 42.7 Å². The Morgan fingerprint density at radius 2 is 1.61 bits per heavy atom. The summed E-state index contributed by atoms with van der Waals surface area (Å²) in [6.45, 7) is 3.96. The summed E-state index contributed by atoms with van der Waals surface area (Å²) >= 11 is 0. The molecule has 0 unspecified atom stereocenters. The van der Waals surface area contributed by atoms with E-state index in [0.29, 0.717) is 19.3 Å². The number of hydrogen-bond acceptors (Lipinski definition) is 6. The SMILES string of the molecule is CC(C)C[C@@H](C(=O)NN(Cc1ccccc1)C(=O)Cn1cncn1)[C@H](CCCc1ccccc1)C(=O)NO. The van der Waals surface area contributed by atoms with E-state index < -0.39 is 23.7 Å². The number of carbonyl (C=O) groups is 3. The molecule has 0 aliphatic heterocycles. The molecular weight excluding hydrogens is 484 g/mol. The van der Waals surface area contributed by atoms with Gasteiger partial charge in [-0.25, -0.2) is 20.2 Å². The lowest BCUT2D eigenvalue weighted by Crippen LogP contribution is -2.51. The minimum absolute atomic E-state index is 0.0993. The van der Waals surface area contributed by atoms with Gasteiger partial charge in [-0.2, -0.15) is 5.10 Å². The van der Waals surface area contributed by atoms with Crippen molar-refractivity contribution >= 4 is 17.7 Å². The third kappa shape index (κ3) is 8.81. The van der Waals surface area contributed by atoms with Gasteiger partial charge in [-0.3, -0.25) is 25.0 Å². The van der Waals surface area contributed by atoms with E-state index in [2.05, 4.69) is 15.5 Å². The second-order valence-electron chi connectivity index (χ2n) is 9.73. The van der Waals surface area contributed by atoms with Crippen LogP contribution in [0.25, 0.3) is 0 Å². The van der Waals surface area contributed by atoms with Crippen LogP contribution in [0.15, 0.2) is 73.3 Å². The van der Waals surface area contributed by atoms with Crippen LogP contribution in [-0.4, -0.2) is 42.7 Å². The van der Waals surface area contributed by atoms with Crippen molar-refractivity contribution in [2.24, 2.45) is 17.8 Å². The Hall–Kier alpha value is -4.05. The minimum Gasteiger partial charge on any atom is -0.289 e. The Labute approximate surface area is 223 Å². The van der Waals surface area contributed by atoms with Gasteiger partial charge in [0.2, 0.25) is 11.8 Å². The fraction of sp³-hybridized carbons (Fsp3) is 0.393. The number of aromatic nitrogens is 3. The molecule has 38 heavy (non-hydrogen) atoms. The molecule has 3 amide bonds. The fourth-order valence-corrected chi connectivity index (χ4v) is 4.44. The molecule has 0 aliphatic carbocycles. The lowest BCUT2D eigenvalue weighted by Gasteiger charge is -2.30. The molecule has 0 spiro atoms. The molecule has 3 aromatic rings. The molecule has 202 valence electrons. The average Bonchev–Trinajstić information content (AvgIpc) is 3.43. The van der Waals surface area contributed by atoms with Crippen molar-refractivity contribution in [1.29, 1.82) is 0 Å². The highest BCUT2D eigenvalue weighted by Crippen LogP contribution is 2.27. The number of carbonyl (C=O) groups excluding carboxylic acids is 3. The first kappa shape index (κ1) is 28.5. The zero-order valence-electron chi connectivity index (χ0n) is 21.9. The molecule has 10 heteroatoms. The van der Waals surface area contributed by atoms with E-state index in [-0.39, 0.29) is 24.9 Å². The summed E-state index contributed by atoms with van der Waals surface area (Å²) in [6.07, 6.45) is 4.96. The van der Waals surface area contributed by atoms with Crippen molar-refractivity contribution in [3.05, 3.63) is 84.4 Å². The number of hydroxylamine groups is 1. The molecular formula is C28H36N6O4. The van der Waals surface area contributed by atoms with Crippen molar-refractivity contribution in [1.82, 2.24) is 30.7 Å². The molecule has 1 aromatic heterocycles. The predicted octanol–water partition coefficient (Wildman–Crippen LogP) is 3.14. The van der Waals surface area contributed by atoms with Gasteiger partial charge in [0, 0.05) is 0 Å². The number of benzene rings is 2. The summed E-state index contributed by atoms with van der Waals surface area (Å²) in [5.41, 5.74) is 6.48. The number of nitrogens with zero attached hydrogens (tertiary/aromatic N) is 4. The Kier molecular flexibility index (Phi) is 11.0. The van der Waals surface area contributed by atoms with Crippen LogP contribution in [0.2, 0.25) is 0 Å². The van der Waals surface area contributed by atoms with E-state index in [9.17, 15) is 19.6 Å². The highest BCUT2D eigenvalue weighted by atomic mass is 16.5. The maximum Gasteiger partial charge on any atom is 0.263 e. The van der Waals surface area contributed by atoms with Crippen molar-refractivity contribution in [2.45, 2.75) is 52.6 Å². The summed E-state index contributed by atoms with van der Waals surface area (Å²) in [5.74, 6) is -2.87. The number of amides is 3. The molecule has 3 rings (SSSR count). The predicted molar refractivity (Wildman–Crippen MR) is 141 cm³/mol. The number of hydrogen-bond donors (Lipinski definition) is 3. The third-order valence-electron chi connectivity index (χ3n) is 6.31. The number of aryl methyl sites for hydroxylation is 1. The van der Waals surface area contributed by atoms with E-state index in [1.807, 2.05) is 74.5 Å². The van der Waals surface area contributed by atoms with E-state index >= 15 is 0 Å². The van der Waals surface area contributed by atoms with Gasteiger partial charge in [-0.1, -0.05) is 74.5 Å². The van der Waals surface area contributed by atoms with E-state index in [0.717, 1.165) is 17.5 Å². The zero-order chi connectivity index (χ0) is 27.3. The highest BCUT2D eigenvalue weighted by molar-refractivity contribution is 5.88. The molecule has 0 radical (unpaired) electrons. The van der Waals surface area contributed by atoms with Crippen LogP contribution in [0.5, 0.6) is 0 Å². The van der Waals surface area contributed by atoms with Crippen LogP contribution >= 0.6 is 0 Å². The van der Waals surface area contributed by atoms with Gasteiger partial charge in [-0.15, -0.1) is 0 Å². The van der Waals surface area contributed by atoms with Crippen LogP contribution in [0.3, 0.4) is 0 Å². The zero-order valence-corrected chi connectivity index (χ0v) is 21.9. The second-order valence-corrected chi connectivity index (χ2v) is 9.73. The largest absolute Gasteiger partial charge is 0.289 e. The Bertz CT molecular complexity index is 1140. The Morgan fingerprint density at radius 1 is 0.947 bits per heavy atom. The van der Waals surface area contributed by atoms with Gasteiger partial charge in [0.25, 0.3) is 5.91 Å². The number of hydrazine groups is 1. The molecule has 0 saturated carbocycles. The summed E-state index contributed by atoms with van der Waals surface area (Å²) < 4.78 is 1.38. The monoisotopic (exact) mass is 520 g/mol. The van der Waals surface area contributed by atoms with Gasteiger partial charge in [0.15, 0.2) is 0 Å². The van der Waals surface area contributed by atoms with E-state index in [4.69, 9.17) is 0 Å². The van der Waals surface area contributed by atoms with Crippen LogP contribution in [0.4, 0.5) is 0 Å². The standard InChI is InChI=1S/C28H36N6O4/c1-21(2)16-25(24(28(37)32-38)15-9-14-22-10-5-3-6-11-22)27(36)31-34(17-23-12-7-4-8-13-23)26(35)18-33-20-29-19-30-33/h3-8,10-13,19-21,24-25,38H,9,14-18H2,1-2H3,(H,31,36)(H,32,37)/t24-,25+/m0/s1. The third-order valence-corrected chi connectivity index (χ3v) is 6.31. The van der Waals surface area contributed by atoms with Crippen molar-refractivity contribution in [3.63, 3.8) is 0 Å². The summed E-state index contributed by atoms with van der Waals surface area (Å²) in [5, 5.41) is 14.7. The van der Waals surface area contributed by atoms with Crippen LogP contribution in [0.1, 0.15) is 44.2 Å². The lowest BCUT2D eigenvalue weighted by molar-refractivity contribution is -0.148. The van der Waals surface area contributed by atoms with Gasteiger partial charge in [0.1, 0.15) is 19.2 Å². The van der Waals surface area contributed by atoms with Gasteiger partial charge >= 0.3 is 0 Å². The Morgan fingerprint density at radius 3 is 2.18 bits per heavy atom. The van der Waals surface area contributed by atoms with Crippen molar-refractivity contribution in [3.8, 4) is 0 Å². The van der Waals surface area contributed by atoms with E-state index in [1.54, 1.807) is 5.48 Å². The summed E-state index contributed by atoms with van der Waals surface area (Å²) in [7, 11) is 0. The minimum atomic E-state index is -0.768. The van der Waals surface area contributed by atoms with Gasteiger partial charge in [0.05, 0.1) is 18.4 Å². The molecule has 10 nitrogen and oxygen atoms in total. The summed E-state index contributed by atoms with van der Waals surface area (Å²) in [4.78, 5) is 43.5. The first-order valence-corrected chi connectivity index (χ1v) is 12.8. The van der Waals surface area contributed by atoms with E-state index in [1.165, 1.54) is 22.3 Å². The molecule has 0 bridgehead atoms. The van der Waals surface area contributed by atoms with Crippen LogP contribution in [0, 0.1) is 17.8 Å². The van der Waals surface area contributed by atoms with Crippen LogP contribution < -0.4 is 10.9 Å². The Balaban J connectivity index is 1.79. The molecule has 3 N–H and O–H groups in total. The lowest BCUT2D eigenvalue weighted by atomic mass is 9.81. The van der Waals surface area contributed by atoms with Crippen molar-refractivity contribution in [2.75, 3.05) is 0 Å². The quantitative estimate of drug-likeness (QED) is 0.235. The fourth-order valence-electron chi connectivity index (χ4n) is 4.44. The molecule has 2 aromatic carbocycles. The first-order valence-electron chi connectivity index (χ1n) is 12.8. The molecule has 0 saturated heterocycles. The molecule has 1 heterocycles. The maximum absolute atomic E-state index is 13.7. The highest BCUT2D eigenvalue weighted by Gasteiger charge is 2.35. The molecule has 2 atom stereocenters. The number of nitrogens with one attached hydrogen (secondary N) is 2. The smallest absolute Gasteiger partial charge is 0.263 e. The first-order chi connectivity index (χ1) is 18.4. The summed E-state index contributed by atoms with van der Waals surface area (Å²) in [6, 6.07) is 19.2. The second kappa shape index (κ2) is 14.6. The van der Waals surface area contributed by atoms with Crippen LogP contribution in [-0.2, 0) is 33.9 Å². The van der Waals surface area contributed by atoms with Gasteiger partial charge < -0.3 is 0 Å². The topological polar surface area (TPSA) is 129 Å². The maximum atomic E-state index is 13.7. The molecule has 0 aliphatic rings.